The third-order valence-corrected chi connectivity index (χ3v) is 4.17. The van der Waals surface area contributed by atoms with Gasteiger partial charge in [0.15, 0.2) is 0 Å². The monoisotopic (exact) mass is 212 g/mol. The molecule has 1 unspecified atom stereocenters. The molecule has 2 aliphatic carbocycles. The van der Waals surface area contributed by atoms with Crippen molar-refractivity contribution in [2.45, 2.75) is 45.4 Å². The summed E-state index contributed by atoms with van der Waals surface area (Å²) in [5, 5.41) is 0. The van der Waals surface area contributed by atoms with Gasteiger partial charge in [0.2, 0.25) is 0 Å². The standard InChI is InChI=1S/C16H20/c1-2-6-12-8-5-9-14-11-13-7-3-4-10-15(13)16(12)14/h3-4,7,10,12H,2,5-6,8-9,11H2,1H3. The number of hydrogen-bond acceptors (Lipinski definition) is 0. The van der Waals surface area contributed by atoms with E-state index in [-0.39, 0.29) is 0 Å². The summed E-state index contributed by atoms with van der Waals surface area (Å²) in [4.78, 5) is 0. The summed E-state index contributed by atoms with van der Waals surface area (Å²) < 4.78 is 0. The van der Waals surface area contributed by atoms with Gasteiger partial charge in [-0.3, -0.25) is 0 Å². The molecule has 0 saturated heterocycles. The van der Waals surface area contributed by atoms with Gasteiger partial charge >= 0.3 is 0 Å². The van der Waals surface area contributed by atoms with Crippen molar-refractivity contribution in [2.24, 2.45) is 5.92 Å². The molecule has 1 aromatic rings. The van der Waals surface area contributed by atoms with Gasteiger partial charge in [0.1, 0.15) is 0 Å². The van der Waals surface area contributed by atoms with Crippen molar-refractivity contribution < 1.29 is 0 Å². The summed E-state index contributed by atoms with van der Waals surface area (Å²) in [6.07, 6.45) is 8.13. The molecule has 0 amide bonds. The zero-order chi connectivity index (χ0) is 11.0. The van der Waals surface area contributed by atoms with Crippen molar-refractivity contribution >= 4 is 5.57 Å². The highest BCUT2D eigenvalue weighted by atomic mass is 14.3. The Hall–Kier alpha value is -1.04. The Morgan fingerprint density at radius 2 is 2.12 bits per heavy atom. The van der Waals surface area contributed by atoms with Crippen molar-refractivity contribution in [1.82, 2.24) is 0 Å². The van der Waals surface area contributed by atoms with E-state index in [4.69, 9.17) is 0 Å². The van der Waals surface area contributed by atoms with Crippen LogP contribution in [0.1, 0.15) is 50.2 Å². The lowest BCUT2D eigenvalue weighted by molar-refractivity contribution is 0.507. The molecule has 2 aliphatic rings. The van der Waals surface area contributed by atoms with E-state index in [1.54, 1.807) is 22.3 Å². The second-order valence-corrected chi connectivity index (χ2v) is 5.23. The van der Waals surface area contributed by atoms with Gasteiger partial charge in [-0.1, -0.05) is 43.2 Å². The van der Waals surface area contributed by atoms with Crippen LogP contribution >= 0.6 is 0 Å². The minimum Gasteiger partial charge on any atom is -0.0654 e. The summed E-state index contributed by atoms with van der Waals surface area (Å²) in [5.41, 5.74) is 6.65. The van der Waals surface area contributed by atoms with Crippen LogP contribution in [0.2, 0.25) is 0 Å². The minimum atomic E-state index is 0.859. The van der Waals surface area contributed by atoms with Crippen LogP contribution < -0.4 is 0 Å². The predicted octanol–water partition coefficient (Wildman–Crippen LogP) is 4.60. The first-order valence-corrected chi connectivity index (χ1v) is 6.70. The van der Waals surface area contributed by atoms with Crippen LogP contribution in [-0.2, 0) is 6.42 Å². The molecule has 1 atom stereocenters. The van der Waals surface area contributed by atoms with Crippen LogP contribution in [0.5, 0.6) is 0 Å². The van der Waals surface area contributed by atoms with E-state index in [9.17, 15) is 0 Å². The number of hydrogen-bond donors (Lipinski definition) is 0. The maximum atomic E-state index is 2.34. The molecule has 0 radical (unpaired) electrons. The molecule has 0 aromatic heterocycles. The molecular weight excluding hydrogens is 192 g/mol. The molecule has 0 heterocycles. The van der Waals surface area contributed by atoms with Crippen LogP contribution in [0.3, 0.4) is 0 Å². The first-order chi connectivity index (χ1) is 7.90. The third kappa shape index (κ3) is 1.52. The van der Waals surface area contributed by atoms with E-state index in [2.05, 4.69) is 31.2 Å². The molecule has 84 valence electrons. The molecule has 0 fully saturated rings. The molecule has 0 heteroatoms. The molecule has 0 spiro atoms. The van der Waals surface area contributed by atoms with E-state index in [0.29, 0.717) is 0 Å². The fourth-order valence-corrected chi connectivity index (χ4v) is 3.53. The van der Waals surface area contributed by atoms with Crippen LogP contribution in [-0.4, -0.2) is 0 Å². The average Bonchev–Trinajstić information content (AvgIpc) is 2.68. The summed E-state index contributed by atoms with van der Waals surface area (Å²) >= 11 is 0. The second kappa shape index (κ2) is 4.08. The highest BCUT2D eigenvalue weighted by Gasteiger charge is 2.29. The minimum absolute atomic E-state index is 0.859. The lowest BCUT2D eigenvalue weighted by atomic mass is 9.80. The summed E-state index contributed by atoms with van der Waals surface area (Å²) in [7, 11) is 0. The van der Waals surface area contributed by atoms with Crippen molar-refractivity contribution in [2.75, 3.05) is 0 Å². The lowest BCUT2D eigenvalue weighted by Gasteiger charge is -2.25. The van der Waals surface area contributed by atoms with Crippen LogP contribution in [0.15, 0.2) is 29.8 Å². The molecule has 3 rings (SSSR count). The Morgan fingerprint density at radius 1 is 1.25 bits per heavy atom. The number of rotatable bonds is 2. The molecule has 0 nitrogen and oxygen atoms in total. The average molecular weight is 212 g/mol. The molecule has 16 heavy (non-hydrogen) atoms. The Labute approximate surface area is 98.4 Å². The van der Waals surface area contributed by atoms with E-state index in [0.717, 1.165) is 5.92 Å². The van der Waals surface area contributed by atoms with Gasteiger partial charge in [0, 0.05) is 0 Å². The van der Waals surface area contributed by atoms with Gasteiger partial charge in [-0.25, -0.2) is 0 Å². The topological polar surface area (TPSA) is 0 Å². The van der Waals surface area contributed by atoms with Crippen molar-refractivity contribution in [3.8, 4) is 0 Å². The highest BCUT2D eigenvalue weighted by Crippen LogP contribution is 2.46. The Bertz CT molecular complexity index is 425. The maximum Gasteiger partial charge on any atom is -0.00549 e. The zero-order valence-corrected chi connectivity index (χ0v) is 10.1. The van der Waals surface area contributed by atoms with E-state index in [1.807, 2.05) is 0 Å². The summed E-state index contributed by atoms with van der Waals surface area (Å²) in [6, 6.07) is 9.04. The largest absolute Gasteiger partial charge is 0.0654 e. The van der Waals surface area contributed by atoms with Crippen LogP contribution in [0.4, 0.5) is 0 Å². The van der Waals surface area contributed by atoms with Gasteiger partial charge in [-0.15, -0.1) is 0 Å². The van der Waals surface area contributed by atoms with Gasteiger partial charge in [-0.2, -0.15) is 0 Å². The van der Waals surface area contributed by atoms with E-state index >= 15 is 0 Å². The quantitative estimate of drug-likeness (QED) is 0.672. The van der Waals surface area contributed by atoms with Crippen LogP contribution in [0, 0.1) is 5.92 Å². The van der Waals surface area contributed by atoms with Crippen molar-refractivity contribution in [1.29, 1.82) is 0 Å². The lowest BCUT2D eigenvalue weighted by Crippen LogP contribution is -2.08. The maximum absolute atomic E-state index is 2.34. The van der Waals surface area contributed by atoms with Crippen molar-refractivity contribution in [3.63, 3.8) is 0 Å². The Kier molecular flexibility index (Phi) is 2.59. The van der Waals surface area contributed by atoms with E-state index in [1.165, 1.54) is 38.5 Å². The fraction of sp³-hybridized carbons (Fsp3) is 0.500. The summed E-state index contributed by atoms with van der Waals surface area (Å²) in [6.45, 7) is 2.32. The molecular formula is C16H20. The predicted molar refractivity (Wildman–Crippen MR) is 69.3 cm³/mol. The SMILES string of the molecule is CCCC1CCCC2=C1c1ccccc1C2. The summed E-state index contributed by atoms with van der Waals surface area (Å²) in [5.74, 6) is 0.859. The van der Waals surface area contributed by atoms with Crippen LogP contribution in [0.25, 0.3) is 5.57 Å². The van der Waals surface area contributed by atoms with E-state index < -0.39 is 0 Å². The molecule has 0 bridgehead atoms. The van der Waals surface area contributed by atoms with Crippen molar-refractivity contribution in [3.05, 3.63) is 41.0 Å². The smallest absolute Gasteiger partial charge is 0.00549 e. The Balaban J connectivity index is 2.01. The van der Waals surface area contributed by atoms with Gasteiger partial charge in [-0.05, 0) is 54.7 Å². The molecule has 0 N–H and O–H groups in total. The second-order valence-electron chi connectivity index (χ2n) is 5.23. The molecule has 0 aliphatic heterocycles. The zero-order valence-electron chi connectivity index (χ0n) is 10.1. The Morgan fingerprint density at radius 3 is 3.00 bits per heavy atom. The number of benzene rings is 1. The normalized spacial score (nSPS) is 23.2. The van der Waals surface area contributed by atoms with Gasteiger partial charge in [0.25, 0.3) is 0 Å². The first-order valence-electron chi connectivity index (χ1n) is 6.70. The number of fused-ring (bicyclic) bond motifs is 2. The van der Waals surface area contributed by atoms with Gasteiger partial charge < -0.3 is 0 Å². The first kappa shape index (κ1) is 10.1. The molecule has 1 aromatic carbocycles. The third-order valence-electron chi connectivity index (χ3n) is 4.17. The fourth-order valence-electron chi connectivity index (χ4n) is 3.53. The molecule has 0 saturated carbocycles. The number of allylic oxidation sites excluding steroid dienone is 2. The highest BCUT2D eigenvalue weighted by molar-refractivity contribution is 5.78. The van der Waals surface area contributed by atoms with Gasteiger partial charge in [0.05, 0.1) is 0 Å².